The number of carbonyl (C=O) groups excluding carboxylic acids is 1. The number of piperazine rings is 1. The number of aromatic nitrogens is 2. The van der Waals surface area contributed by atoms with Crippen LogP contribution in [0.3, 0.4) is 0 Å². The lowest BCUT2D eigenvalue weighted by Gasteiger charge is -2.48. The number of nitrogens with zero attached hydrogens (tertiary/aromatic N) is 4. The minimum Gasteiger partial charge on any atom is -0.497 e. The van der Waals surface area contributed by atoms with E-state index in [9.17, 15) is 14.3 Å². The van der Waals surface area contributed by atoms with Crippen LogP contribution in [-0.2, 0) is 11.3 Å². The van der Waals surface area contributed by atoms with Crippen LogP contribution in [0, 0.1) is 5.82 Å². The summed E-state index contributed by atoms with van der Waals surface area (Å²) >= 11 is 5.84. The van der Waals surface area contributed by atoms with Gasteiger partial charge in [-0.05, 0) is 17.7 Å². The van der Waals surface area contributed by atoms with Crippen LogP contribution in [0.5, 0.6) is 5.75 Å². The quantitative estimate of drug-likeness (QED) is 0.581. The molecule has 4 heterocycles. The number of anilines is 2. The van der Waals surface area contributed by atoms with Gasteiger partial charge in [0, 0.05) is 31.2 Å². The molecule has 1 amide bonds. The summed E-state index contributed by atoms with van der Waals surface area (Å²) in [6.45, 7) is 1.28. The van der Waals surface area contributed by atoms with Crippen molar-refractivity contribution in [3.63, 3.8) is 0 Å². The minimum absolute atomic E-state index is 0.0855. The van der Waals surface area contributed by atoms with Gasteiger partial charge >= 0.3 is 0 Å². The summed E-state index contributed by atoms with van der Waals surface area (Å²) in [5, 5.41) is 13.2. The minimum atomic E-state index is -0.697. The molecule has 0 unspecified atom stereocenters. The normalized spacial score (nSPS) is 20.6. The number of aliphatic hydroxyl groups is 1. The Kier molecular flexibility index (Phi) is 5.32. The third kappa shape index (κ3) is 3.42. The Morgan fingerprint density at radius 2 is 2.03 bits per heavy atom. The molecule has 1 saturated heterocycles. The van der Waals surface area contributed by atoms with Gasteiger partial charge < -0.3 is 20.1 Å². The first-order chi connectivity index (χ1) is 15.5. The first-order valence-electron chi connectivity index (χ1n) is 10.2. The first kappa shape index (κ1) is 20.9. The fraction of sp³-hybridized carbons (Fsp3) is 0.318. The van der Waals surface area contributed by atoms with E-state index in [-0.39, 0.29) is 29.2 Å². The SMILES string of the molecule is COc1ccc(CN2C[C@H]3C(=O)Nc4cnc5c(F)c(Cl)ncc5c4N3C[C@@H]2CO)cc1. The van der Waals surface area contributed by atoms with Crippen LogP contribution in [0.4, 0.5) is 15.8 Å². The van der Waals surface area contributed by atoms with Crippen molar-refractivity contribution in [3.8, 4) is 5.75 Å². The standard InChI is InChI=1S/C22H21ClFN5O3/c1-32-14-4-2-12(3-5-14)8-28-10-17-22(31)27-16-7-25-19-15(6-26-21(23)18(19)24)20(16)29(17)9-13(28)11-30/h2-7,13,17,30H,8-11H2,1H3,(H,27,31)/t13-,17+/m1/s1. The number of ether oxygens (including phenoxy) is 1. The highest BCUT2D eigenvalue weighted by molar-refractivity contribution is 6.30. The number of methoxy groups -OCH3 is 1. The zero-order chi connectivity index (χ0) is 22.4. The summed E-state index contributed by atoms with van der Waals surface area (Å²) in [5.74, 6) is -0.101. The second-order valence-corrected chi connectivity index (χ2v) is 8.28. The molecule has 3 aromatic rings. The van der Waals surface area contributed by atoms with Crippen LogP contribution in [-0.4, -0.2) is 64.8 Å². The van der Waals surface area contributed by atoms with E-state index in [1.807, 2.05) is 29.2 Å². The number of carbonyl (C=O) groups is 1. The van der Waals surface area contributed by atoms with Gasteiger partial charge in [-0.2, -0.15) is 0 Å². The van der Waals surface area contributed by atoms with E-state index in [4.69, 9.17) is 16.3 Å². The highest BCUT2D eigenvalue weighted by atomic mass is 35.5. The number of nitrogens with one attached hydrogen (secondary N) is 1. The van der Waals surface area contributed by atoms with E-state index in [1.165, 1.54) is 12.4 Å². The molecular formula is C22H21ClFN5O3. The van der Waals surface area contributed by atoms with E-state index < -0.39 is 11.9 Å². The average molecular weight is 458 g/mol. The van der Waals surface area contributed by atoms with Gasteiger partial charge in [0.2, 0.25) is 5.91 Å². The largest absolute Gasteiger partial charge is 0.497 e. The number of hydrogen-bond donors (Lipinski definition) is 2. The zero-order valence-electron chi connectivity index (χ0n) is 17.3. The van der Waals surface area contributed by atoms with Gasteiger partial charge in [0.05, 0.1) is 37.3 Å². The number of amides is 1. The first-order valence-corrected chi connectivity index (χ1v) is 10.6. The van der Waals surface area contributed by atoms with E-state index in [0.29, 0.717) is 36.4 Å². The van der Waals surface area contributed by atoms with Crippen molar-refractivity contribution in [2.75, 3.05) is 37.0 Å². The average Bonchev–Trinajstić information content (AvgIpc) is 2.81. The maximum absolute atomic E-state index is 14.6. The number of hydrogen-bond acceptors (Lipinski definition) is 7. The van der Waals surface area contributed by atoms with Crippen molar-refractivity contribution in [2.24, 2.45) is 0 Å². The Morgan fingerprint density at radius 1 is 1.25 bits per heavy atom. The Bertz CT molecular complexity index is 1190. The Balaban J connectivity index is 1.50. The molecule has 1 aromatic carbocycles. The van der Waals surface area contributed by atoms with Crippen molar-refractivity contribution in [2.45, 2.75) is 18.6 Å². The highest BCUT2D eigenvalue weighted by Crippen LogP contribution is 2.40. The third-order valence-corrected chi connectivity index (χ3v) is 6.36. The Labute approximate surface area is 188 Å². The van der Waals surface area contributed by atoms with E-state index in [2.05, 4.69) is 20.2 Å². The number of pyridine rings is 2. The lowest BCUT2D eigenvalue weighted by molar-refractivity contribution is -0.119. The summed E-state index contributed by atoms with van der Waals surface area (Å²) in [6, 6.07) is 6.97. The van der Waals surface area contributed by atoms with Crippen LogP contribution in [0.2, 0.25) is 5.15 Å². The molecule has 2 aliphatic rings. The Hall–Kier alpha value is -3.01. The maximum Gasteiger partial charge on any atom is 0.248 e. The lowest BCUT2D eigenvalue weighted by Crippen LogP contribution is -2.64. The summed E-state index contributed by atoms with van der Waals surface area (Å²) in [7, 11) is 1.62. The van der Waals surface area contributed by atoms with Crippen LogP contribution in [0.1, 0.15) is 5.56 Å². The third-order valence-electron chi connectivity index (χ3n) is 6.09. The van der Waals surface area contributed by atoms with Gasteiger partial charge in [0.1, 0.15) is 17.3 Å². The van der Waals surface area contributed by atoms with Gasteiger partial charge in [-0.15, -0.1) is 0 Å². The van der Waals surface area contributed by atoms with Gasteiger partial charge in [-0.25, -0.2) is 9.37 Å². The molecule has 5 rings (SSSR count). The highest BCUT2D eigenvalue weighted by Gasteiger charge is 2.42. The molecule has 166 valence electrons. The monoisotopic (exact) mass is 457 g/mol. The van der Waals surface area contributed by atoms with E-state index in [0.717, 1.165) is 11.3 Å². The van der Waals surface area contributed by atoms with Crippen LogP contribution >= 0.6 is 11.6 Å². The molecule has 0 spiro atoms. The predicted molar refractivity (Wildman–Crippen MR) is 119 cm³/mol. The molecular weight excluding hydrogens is 437 g/mol. The number of rotatable bonds is 4. The number of aliphatic hydroxyl groups excluding tert-OH is 1. The smallest absolute Gasteiger partial charge is 0.248 e. The maximum atomic E-state index is 14.6. The van der Waals surface area contributed by atoms with Crippen molar-refractivity contribution in [1.29, 1.82) is 0 Å². The van der Waals surface area contributed by atoms with Crippen LogP contribution < -0.4 is 15.0 Å². The summed E-state index contributed by atoms with van der Waals surface area (Å²) in [6.07, 6.45) is 2.90. The molecule has 0 aliphatic carbocycles. The number of halogens is 2. The molecule has 0 saturated carbocycles. The molecule has 2 aliphatic heterocycles. The van der Waals surface area contributed by atoms with Gasteiger partial charge in [0.15, 0.2) is 11.0 Å². The second kappa shape index (κ2) is 8.16. The van der Waals surface area contributed by atoms with E-state index >= 15 is 0 Å². The number of fused-ring (bicyclic) bond motifs is 5. The summed E-state index contributed by atoms with van der Waals surface area (Å²) < 4.78 is 19.8. The van der Waals surface area contributed by atoms with Gasteiger partial charge in [-0.3, -0.25) is 14.7 Å². The molecule has 8 nitrogen and oxygen atoms in total. The van der Waals surface area contributed by atoms with Crippen molar-refractivity contribution < 1.29 is 19.0 Å². The fourth-order valence-corrected chi connectivity index (χ4v) is 4.59. The molecule has 2 atom stereocenters. The number of benzene rings is 1. The van der Waals surface area contributed by atoms with Crippen LogP contribution in [0.25, 0.3) is 10.9 Å². The summed E-state index contributed by atoms with van der Waals surface area (Å²) in [5.41, 5.74) is 2.28. The van der Waals surface area contributed by atoms with Gasteiger partial charge in [0.25, 0.3) is 0 Å². The molecule has 1 fully saturated rings. The zero-order valence-corrected chi connectivity index (χ0v) is 18.0. The predicted octanol–water partition coefficient (Wildman–Crippen LogP) is 2.43. The molecule has 10 heteroatoms. The van der Waals surface area contributed by atoms with Crippen LogP contribution in [0.15, 0.2) is 36.7 Å². The molecule has 2 aromatic heterocycles. The molecule has 0 radical (unpaired) electrons. The Morgan fingerprint density at radius 3 is 2.75 bits per heavy atom. The molecule has 32 heavy (non-hydrogen) atoms. The fourth-order valence-electron chi connectivity index (χ4n) is 4.45. The lowest BCUT2D eigenvalue weighted by atomic mass is 9.99. The second-order valence-electron chi connectivity index (χ2n) is 7.92. The van der Waals surface area contributed by atoms with E-state index in [1.54, 1.807) is 7.11 Å². The van der Waals surface area contributed by atoms with Gasteiger partial charge in [-0.1, -0.05) is 23.7 Å². The molecule has 0 bridgehead atoms. The molecule has 2 N–H and O–H groups in total. The topological polar surface area (TPSA) is 90.8 Å². The van der Waals surface area contributed by atoms with Crippen molar-refractivity contribution >= 4 is 39.8 Å². The van der Waals surface area contributed by atoms with Crippen molar-refractivity contribution in [1.82, 2.24) is 14.9 Å². The summed E-state index contributed by atoms with van der Waals surface area (Å²) in [4.78, 5) is 25.0. The van der Waals surface area contributed by atoms with Crippen molar-refractivity contribution in [3.05, 3.63) is 53.2 Å².